The van der Waals surface area contributed by atoms with Crippen molar-refractivity contribution in [2.24, 2.45) is 5.84 Å². The van der Waals surface area contributed by atoms with E-state index in [2.05, 4.69) is 10.3 Å². The molecule has 1 heterocycles. The highest BCUT2D eigenvalue weighted by Gasteiger charge is 2.17. The molecule has 20 heavy (non-hydrogen) atoms. The second-order valence-corrected chi connectivity index (χ2v) is 3.74. The molecule has 0 saturated carbocycles. The largest absolute Gasteiger partial charge is 0.319 e. The number of nitrogens with two attached hydrogens (primary N) is 1. The maximum atomic E-state index is 13.8. The van der Waals surface area contributed by atoms with Crippen molar-refractivity contribution in [1.29, 1.82) is 0 Å². The number of nitrogens with zero attached hydrogens (tertiary/aromatic N) is 1. The van der Waals surface area contributed by atoms with Crippen LogP contribution in [0.15, 0.2) is 30.5 Å². The zero-order valence-electron chi connectivity index (χ0n) is 9.95. The average molecular weight is 282 g/mol. The molecule has 2 rings (SSSR count). The number of carbonyl (C=O) groups excluding carboxylic acids is 1. The highest BCUT2D eigenvalue weighted by Crippen LogP contribution is 2.19. The Morgan fingerprint density at radius 3 is 2.65 bits per heavy atom. The van der Waals surface area contributed by atoms with E-state index in [-0.39, 0.29) is 5.82 Å². The van der Waals surface area contributed by atoms with Crippen LogP contribution in [0.25, 0.3) is 0 Å². The zero-order valence-corrected chi connectivity index (χ0v) is 9.95. The first-order valence-electron chi connectivity index (χ1n) is 5.40. The number of rotatable bonds is 3. The van der Waals surface area contributed by atoms with Gasteiger partial charge in [-0.2, -0.15) is 0 Å². The summed E-state index contributed by atoms with van der Waals surface area (Å²) in [7, 11) is 0. The van der Waals surface area contributed by atoms with Crippen LogP contribution < -0.4 is 16.6 Å². The van der Waals surface area contributed by atoms with Crippen LogP contribution in [0, 0.1) is 17.5 Å². The molecule has 0 radical (unpaired) electrons. The van der Waals surface area contributed by atoms with Gasteiger partial charge < -0.3 is 10.7 Å². The smallest absolute Gasteiger partial charge is 0.258 e. The Morgan fingerprint density at radius 2 is 1.95 bits per heavy atom. The minimum atomic E-state index is -0.996. The maximum Gasteiger partial charge on any atom is 0.258 e. The second kappa shape index (κ2) is 5.57. The normalized spacial score (nSPS) is 10.2. The third kappa shape index (κ3) is 2.69. The topological polar surface area (TPSA) is 80.0 Å². The first kappa shape index (κ1) is 13.8. The fourth-order valence-corrected chi connectivity index (χ4v) is 1.50. The Kier molecular flexibility index (Phi) is 3.85. The van der Waals surface area contributed by atoms with E-state index in [0.29, 0.717) is 0 Å². The highest BCUT2D eigenvalue weighted by atomic mass is 19.1. The van der Waals surface area contributed by atoms with Crippen LogP contribution in [-0.2, 0) is 0 Å². The van der Waals surface area contributed by atoms with Gasteiger partial charge in [0.05, 0.1) is 11.3 Å². The number of anilines is 2. The maximum absolute atomic E-state index is 13.8. The summed E-state index contributed by atoms with van der Waals surface area (Å²) in [6.07, 6.45) is 1.15. The summed E-state index contributed by atoms with van der Waals surface area (Å²) in [4.78, 5) is 15.4. The Labute approximate surface area is 111 Å². The third-order valence-corrected chi connectivity index (χ3v) is 2.45. The van der Waals surface area contributed by atoms with Gasteiger partial charge in [0.25, 0.3) is 5.91 Å². The number of hydrogen-bond acceptors (Lipinski definition) is 4. The number of halogens is 3. The lowest BCUT2D eigenvalue weighted by Crippen LogP contribution is -2.18. The number of hydrazine groups is 1. The van der Waals surface area contributed by atoms with Crippen molar-refractivity contribution in [3.8, 4) is 0 Å². The van der Waals surface area contributed by atoms with Crippen molar-refractivity contribution in [1.82, 2.24) is 4.98 Å². The molecule has 104 valence electrons. The predicted molar refractivity (Wildman–Crippen MR) is 66.3 cm³/mol. The van der Waals surface area contributed by atoms with E-state index in [4.69, 9.17) is 5.84 Å². The van der Waals surface area contributed by atoms with E-state index in [9.17, 15) is 18.0 Å². The highest BCUT2D eigenvalue weighted by molar-refractivity contribution is 6.04. The summed E-state index contributed by atoms with van der Waals surface area (Å²) >= 11 is 0. The van der Waals surface area contributed by atoms with Crippen LogP contribution in [-0.4, -0.2) is 10.9 Å². The van der Waals surface area contributed by atoms with Gasteiger partial charge in [-0.3, -0.25) is 4.79 Å². The van der Waals surface area contributed by atoms with E-state index in [0.717, 1.165) is 30.5 Å². The van der Waals surface area contributed by atoms with Gasteiger partial charge in [-0.25, -0.2) is 24.0 Å². The quantitative estimate of drug-likeness (QED) is 0.594. The molecule has 0 aliphatic rings. The molecule has 1 aromatic carbocycles. The van der Waals surface area contributed by atoms with Gasteiger partial charge in [-0.05, 0) is 18.2 Å². The molecule has 5 nitrogen and oxygen atoms in total. The van der Waals surface area contributed by atoms with Crippen LogP contribution in [0.2, 0.25) is 0 Å². The van der Waals surface area contributed by atoms with Gasteiger partial charge in [0.1, 0.15) is 11.6 Å². The van der Waals surface area contributed by atoms with E-state index < -0.39 is 34.6 Å². The van der Waals surface area contributed by atoms with Crippen molar-refractivity contribution in [2.75, 3.05) is 10.7 Å². The van der Waals surface area contributed by atoms with Crippen molar-refractivity contribution in [2.45, 2.75) is 0 Å². The summed E-state index contributed by atoms with van der Waals surface area (Å²) in [5, 5.41) is 2.07. The molecule has 0 saturated heterocycles. The summed E-state index contributed by atoms with van der Waals surface area (Å²) in [5.74, 6) is 1.16. The van der Waals surface area contributed by atoms with Crippen molar-refractivity contribution in [3.05, 3.63) is 53.5 Å². The Balaban J connectivity index is 2.31. The lowest BCUT2D eigenvalue weighted by Gasteiger charge is -2.08. The molecular weight excluding hydrogens is 273 g/mol. The van der Waals surface area contributed by atoms with Gasteiger partial charge >= 0.3 is 0 Å². The number of aromatic nitrogens is 1. The van der Waals surface area contributed by atoms with Crippen LogP contribution in [0.3, 0.4) is 0 Å². The minimum absolute atomic E-state index is 0.336. The lowest BCUT2D eigenvalue weighted by molar-refractivity contribution is 0.102. The molecule has 8 heteroatoms. The Hall–Kier alpha value is -2.61. The molecule has 0 bridgehead atoms. The van der Waals surface area contributed by atoms with Gasteiger partial charge in [0.2, 0.25) is 0 Å². The summed E-state index contributed by atoms with van der Waals surface area (Å²) in [6.45, 7) is 0. The average Bonchev–Trinajstić information content (AvgIpc) is 2.43. The number of pyridine rings is 1. The van der Waals surface area contributed by atoms with Crippen molar-refractivity contribution in [3.63, 3.8) is 0 Å². The molecule has 4 N–H and O–H groups in total. The summed E-state index contributed by atoms with van der Waals surface area (Å²) in [6, 6.07) is 3.62. The van der Waals surface area contributed by atoms with Crippen LogP contribution in [0.1, 0.15) is 10.4 Å². The van der Waals surface area contributed by atoms with Crippen LogP contribution in [0.4, 0.5) is 24.7 Å². The first-order valence-corrected chi connectivity index (χ1v) is 5.40. The molecule has 0 aliphatic heterocycles. The molecule has 0 atom stereocenters. The molecule has 1 amide bonds. The van der Waals surface area contributed by atoms with Crippen molar-refractivity contribution >= 4 is 17.4 Å². The molecule has 0 unspecified atom stereocenters. The van der Waals surface area contributed by atoms with Gasteiger partial charge in [0, 0.05) is 12.3 Å². The summed E-state index contributed by atoms with van der Waals surface area (Å²) in [5.41, 5.74) is 1.17. The lowest BCUT2D eigenvalue weighted by atomic mass is 10.2. The zero-order chi connectivity index (χ0) is 14.7. The fraction of sp³-hybridized carbons (Fsp3) is 0. The van der Waals surface area contributed by atoms with E-state index in [1.807, 2.05) is 5.43 Å². The molecule has 2 aromatic rings. The monoisotopic (exact) mass is 282 g/mol. The fourth-order valence-electron chi connectivity index (χ4n) is 1.50. The van der Waals surface area contributed by atoms with Crippen LogP contribution >= 0.6 is 0 Å². The number of hydrogen-bond donors (Lipinski definition) is 3. The molecule has 0 spiro atoms. The number of carbonyl (C=O) groups is 1. The standard InChI is InChI=1S/C12H9F3N4O/c13-6-1-2-8(14)9(5-6)18-12(20)7-3-4-17-11(19-16)10(7)15/h1-5H,16H2,(H,17,19)(H,18,20). The number of benzene rings is 1. The number of nitrogen functional groups attached to an aromatic ring is 1. The van der Waals surface area contributed by atoms with Crippen LogP contribution in [0.5, 0.6) is 0 Å². The Morgan fingerprint density at radius 1 is 1.20 bits per heavy atom. The van der Waals surface area contributed by atoms with E-state index in [1.165, 1.54) is 0 Å². The van der Waals surface area contributed by atoms with Gasteiger partial charge in [0.15, 0.2) is 11.6 Å². The SMILES string of the molecule is NNc1nccc(C(=O)Nc2cc(F)ccc2F)c1F. The third-order valence-electron chi connectivity index (χ3n) is 2.45. The minimum Gasteiger partial charge on any atom is -0.319 e. The molecular formula is C12H9F3N4O. The van der Waals surface area contributed by atoms with E-state index >= 15 is 0 Å². The summed E-state index contributed by atoms with van der Waals surface area (Å²) < 4.78 is 40.1. The molecule has 0 aliphatic carbocycles. The van der Waals surface area contributed by atoms with Gasteiger partial charge in [-0.1, -0.05) is 0 Å². The van der Waals surface area contributed by atoms with Gasteiger partial charge in [-0.15, -0.1) is 0 Å². The number of nitrogens with one attached hydrogen (secondary N) is 2. The van der Waals surface area contributed by atoms with Crippen molar-refractivity contribution < 1.29 is 18.0 Å². The Bertz CT molecular complexity index is 663. The number of amides is 1. The predicted octanol–water partition coefficient (Wildman–Crippen LogP) is 2.04. The van der Waals surface area contributed by atoms with E-state index in [1.54, 1.807) is 0 Å². The first-order chi connectivity index (χ1) is 9.52. The molecule has 1 aromatic heterocycles. The second-order valence-electron chi connectivity index (χ2n) is 3.74. The molecule has 0 fully saturated rings.